The van der Waals surface area contributed by atoms with Crippen LogP contribution in [0.15, 0.2) is 21.4 Å². The standard InChI is InChI=1S/C76H118F2N4O2.3C4H9.3CH3.2Sn/c1-5-9-13-17-21-25-29-33-37-41-45-49-57-75(58-50-46-42-38-34-30-26-22-18-14-10-6-2)61-53-55-63-73(81-83-79-63)65(61)67-69(75)71(77)68-66-62(54-56-64-74(66)82-84-80-64)76(70(68)72(67)78,59-51-47-43-39-35-31-27-23-19-15-11-7-3)60-52-48-44-40-36-32-28-24-20-16-12-8-4;3*1-3-4-2;;;;;/h53-54H,5-52,57-60H2,1-4H3;3*1,3-4H2,2H3;3*1H3;;. The predicted octanol–water partition coefficient (Wildman–Crippen LogP) is 30.5. The van der Waals surface area contributed by atoms with E-state index in [2.05, 4.69) is 75.4 Å². The number of unbranched alkanes of at least 4 members (excludes halogenated alkanes) is 47. The Labute approximate surface area is 627 Å². The molecule has 101 heavy (non-hydrogen) atoms. The summed E-state index contributed by atoms with van der Waals surface area (Å²) in [6.07, 6.45) is 70.8. The SMILES string of the molecule is CCCCCCCCCCCCCCC1(CCCCCCCCCCCCCC)c2c[c]([Sn]([CH3])([CH3])[CH3])c3nonc3c2-c2c(F)c3c(c(F)c21)-c1c(c[c]([Sn]([CH2]CCC)([CH2]CCC)[CH2]CCC)c2nonc12)C3(CCCCCCCCCCCCCC)CCCCCCCCCCCCCC. The first-order chi connectivity index (χ1) is 49.4. The van der Waals surface area contributed by atoms with Gasteiger partial charge in [-0.05, 0) is 0 Å². The van der Waals surface area contributed by atoms with Gasteiger partial charge in [-0.25, -0.2) is 0 Å². The van der Waals surface area contributed by atoms with E-state index < -0.39 is 47.6 Å². The van der Waals surface area contributed by atoms with Crippen LogP contribution in [0.25, 0.3) is 44.3 Å². The Morgan fingerprint density at radius 3 is 0.743 bits per heavy atom. The fourth-order valence-electron chi connectivity index (χ4n) is 19.1. The Bertz CT molecular complexity index is 2990. The molecule has 3 aromatic carbocycles. The summed E-state index contributed by atoms with van der Waals surface area (Å²) < 4.78 is 60.3. The molecule has 2 heterocycles. The molecule has 2 aromatic heterocycles. The fourth-order valence-corrected chi connectivity index (χ4v) is 39.7. The molecule has 0 bridgehead atoms. The van der Waals surface area contributed by atoms with Crippen LogP contribution in [0, 0.1) is 11.6 Å². The second kappa shape index (κ2) is 47.7. The van der Waals surface area contributed by atoms with Crippen molar-refractivity contribution < 1.29 is 18.0 Å². The van der Waals surface area contributed by atoms with Crippen LogP contribution in [-0.4, -0.2) is 57.4 Å². The van der Waals surface area contributed by atoms with Gasteiger partial charge in [0.05, 0.1) is 0 Å². The summed E-state index contributed by atoms with van der Waals surface area (Å²) in [7, 11) is 0. The summed E-state index contributed by atoms with van der Waals surface area (Å²) in [5, 5.41) is 19.8. The number of hydrogen-bond donors (Lipinski definition) is 0. The molecule has 0 saturated carbocycles. The summed E-state index contributed by atoms with van der Waals surface area (Å²) in [5.74, 6) is -0.392. The van der Waals surface area contributed by atoms with Crippen LogP contribution in [0.1, 0.15) is 443 Å². The van der Waals surface area contributed by atoms with E-state index in [1.807, 2.05) is 0 Å². The van der Waals surface area contributed by atoms with Gasteiger partial charge in [0.2, 0.25) is 0 Å². The minimum Gasteiger partial charge on any atom is -0.0654 e. The van der Waals surface area contributed by atoms with Crippen LogP contribution in [0.4, 0.5) is 8.78 Å². The van der Waals surface area contributed by atoms with E-state index in [1.54, 1.807) is 0 Å². The maximum absolute atomic E-state index is 20.8. The van der Waals surface area contributed by atoms with Crippen LogP contribution in [0.5, 0.6) is 0 Å². The topological polar surface area (TPSA) is 77.8 Å². The third-order valence-corrected chi connectivity index (χ3v) is 46.4. The Kier molecular flexibility index (Phi) is 40.7. The summed E-state index contributed by atoms with van der Waals surface area (Å²) >= 11 is -6.49. The Morgan fingerprint density at radius 2 is 0.495 bits per heavy atom. The van der Waals surface area contributed by atoms with Crippen molar-refractivity contribution in [2.75, 3.05) is 0 Å². The van der Waals surface area contributed by atoms with Gasteiger partial charge >= 0.3 is 477 Å². The Balaban J connectivity index is 1.41. The van der Waals surface area contributed by atoms with Crippen LogP contribution in [0.2, 0.25) is 28.1 Å². The van der Waals surface area contributed by atoms with Crippen LogP contribution < -0.4 is 7.16 Å². The van der Waals surface area contributed by atoms with Crippen molar-refractivity contribution in [1.82, 2.24) is 20.6 Å². The maximum atomic E-state index is 20.8. The normalized spacial score (nSPS) is 13.9. The van der Waals surface area contributed by atoms with Gasteiger partial charge in [-0.1, -0.05) is 156 Å². The summed E-state index contributed by atoms with van der Waals surface area (Å²) in [6.45, 7) is 16.3. The molecule has 0 atom stereocenters. The molecule has 6 nitrogen and oxygen atoms in total. The van der Waals surface area contributed by atoms with Gasteiger partial charge in [0.15, 0.2) is 0 Å². The molecule has 0 unspecified atom stereocenters. The molecule has 2 aliphatic rings. The van der Waals surface area contributed by atoms with E-state index >= 15 is 8.78 Å². The van der Waals surface area contributed by atoms with Gasteiger partial charge in [-0.15, -0.1) is 0 Å². The van der Waals surface area contributed by atoms with Crippen molar-refractivity contribution in [2.45, 2.75) is 460 Å². The van der Waals surface area contributed by atoms with E-state index in [0.29, 0.717) is 33.3 Å². The van der Waals surface area contributed by atoms with Gasteiger partial charge in [-0.2, -0.15) is 0 Å². The van der Waals surface area contributed by atoms with Crippen LogP contribution in [-0.2, 0) is 10.8 Å². The number of rotatable bonds is 63. The van der Waals surface area contributed by atoms with Crippen molar-refractivity contribution in [3.05, 3.63) is 46.0 Å². The van der Waals surface area contributed by atoms with Crippen molar-refractivity contribution in [3.63, 3.8) is 0 Å². The first kappa shape index (κ1) is 86.2. The van der Waals surface area contributed by atoms with Gasteiger partial charge in [0.25, 0.3) is 0 Å². The molecule has 572 valence electrons. The molecule has 7 rings (SSSR count). The van der Waals surface area contributed by atoms with E-state index in [4.69, 9.17) is 29.9 Å². The number of benzene rings is 3. The zero-order valence-electron chi connectivity index (χ0n) is 67.6. The van der Waals surface area contributed by atoms with E-state index in [0.717, 1.165) is 124 Å². The fraction of sp³-hybridized carbons (Fsp3) is 0.802. The molecule has 0 amide bonds. The number of fused-ring (bicyclic) bond motifs is 10. The quantitative estimate of drug-likeness (QED) is 0.0285. The van der Waals surface area contributed by atoms with Crippen molar-refractivity contribution >= 4 is 66.0 Å². The van der Waals surface area contributed by atoms with Gasteiger partial charge in [0.1, 0.15) is 0 Å². The minimum atomic E-state index is -3.42. The number of hydrogen-bond acceptors (Lipinski definition) is 6. The molecule has 10 heteroatoms. The molecule has 5 aromatic rings. The molecule has 0 aliphatic heterocycles. The predicted molar refractivity (Wildman–Crippen MR) is 440 cm³/mol. The summed E-state index contributed by atoms with van der Waals surface area (Å²) in [5.41, 5.74) is 7.61. The molecule has 0 spiro atoms. The van der Waals surface area contributed by atoms with E-state index in [-0.39, 0.29) is 11.6 Å². The average molecular weight is 1610 g/mol. The molecule has 0 saturated heterocycles. The summed E-state index contributed by atoms with van der Waals surface area (Å²) in [4.78, 5) is 7.40. The second-order valence-electron chi connectivity index (χ2n) is 34.3. The third-order valence-electron chi connectivity index (χ3n) is 25.2. The Morgan fingerprint density at radius 1 is 0.277 bits per heavy atom. The van der Waals surface area contributed by atoms with Gasteiger partial charge < -0.3 is 0 Å². The van der Waals surface area contributed by atoms with Gasteiger partial charge in [-0.3, -0.25) is 0 Å². The molecule has 0 fully saturated rings. The molecule has 0 radical (unpaired) electrons. The van der Waals surface area contributed by atoms with E-state index in [1.165, 1.54) is 302 Å². The zero-order chi connectivity index (χ0) is 72.0. The van der Waals surface area contributed by atoms with Crippen molar-refractivity contribution in [2.24, 2.45) is 0 Å². The number of aromatic nitrogens is 4. The molecular weight excluding hydrogens is 1460 g/mol. The third kappa shape index (κ3) is 24.2. The monoisotopic (exact) mass is 1610 g/mol. The molecule has 2 aliphatic carbocycles. The van der Waals surface area contributed by atoms with Crippen LogP contribution >= 0.6 is 0 Å². The minimum absolute atomic E-state index is 0.196. The zero-order valence-corrected chi connectivity index (χ0v) is 73.4. The smallest absolute Gasteiger partial charge is 0.0654 e. The average Bonchev–Trinajstić information content (AvgIpc) is 1.50. The first-order valence-corrected chi connectivity index (χ1v) is 62.1. The first-order valence-electron chi connectivity index (χ1n) is 44.6. The van der Waals surface area contributed by atoms with Crippen molar-refractivity contribution in [1.29, 1.82) is 0 Å². The van der Waals surface area contributed by atoms with Crippen molar-refractivity contribution in [3.8, 4) is 22.3 Å². The summed E-state index contributed by atoms with van der Waals surface area (Å²) in [6, 6.07) is 5.09. The molecular formula is C91H154F2N4O2Sn2. The number of nitrogens with zero attached hydrogens (tertiary/aromatic N) is 4. The number of halogens is 2. The second-order valence-corrected chi connectivity index (χ2v) is 61.8. The van der Waals surface area contributed by atoms with E-state index in [9.17, 15) is 0 Å². The Hall–Kier alpha value is -2.08. The van der Waals surface area contributed by atoms with Crippen LogP contribution in [0.3, 0.4) is 0 Å². The van der Waals surface area contributed by atoms with Gasteiger partial charge in [0, 0.05) is 0 Å². The molecule has 0 N–H and O–H groups in total.